The zero-order valence-corrected chi connectivity index (χ0v) is 29.9. The highest BCUT2D eigenvalue weighted by molar-refractivity contribution is 6.22. The van der Waals surface area contributed by atoms with E-state index < -0.39 is 30.2 Å². The van der Waals surface area contributed by atoms with E-state index in [1.807, 2.05) is 60.7 Å². The van der Waals surface area contributed by atoms with Crippen molar-refractivity contribution in [3.8, 4) is 0 Å². The molecular formula is C41H49N3O7. The van der Waals surface area contributed by atoms with Crippen LogP contribution in [0.4, 0.5) is 10.5 Å². The maximum Gasteiger partial charge on any atom is 0.408 e. The summed E-state index contributed by atoms with van der Waals surface area (Å²) in [4.78, 5) is 43.0. The van der Waals surface area contributed by atoms with Gasteiger partial charge in [0, 0.05) is 30.6 Å². The lowest BCUT2D eigenvalue weighted by atomic mass is 9.65. The molecule has 10 nitrogen and oxygen atoms in total. The van der Waals surface area contributed by atoms with Crippen LogP contribution in [0.2, 0.25) is 0 Å². The van der Waals surface area contributed by atoms with Crippen LogP contribution in [0.3, 0.4) is 0 Å². The monoisotopic (exact) mass is 695 g/mol. The Hall–Kier alpha value is -4.09. The largest absolute Gasteiger partial charge is 0.445 e. The SMILES string of the molecule is C[C@@H]1[C@H](CN2CC3(C)CC2CC(C)(C)C3)O[C@H](c2cccc(N3C(=O)CC(NC(=O)OCc4ccccc4)C3=O)c2)O[C@@H]1c1ccc(CO)cc1. The smallest absolute Gasteiger partial charge is 0.408 e. The van der Waals surface area contributed by atoms with Crippen molar-refractivity contribution in [3.63, 3.8) is 0 Å². The van der Waals surface area contributed by atoms with Crippen molar-refractivity contribution >= 4 is 23.6 Å². The summed E-state index contributed by atoms with van der Waals surface area (Å²) in [6.07, 6.45) is 1.46. The number of anilines is 1. The number of amides is 3. The number of alkyl carbamates (subject to hydrolysis) is 1. The van der Waals surface area contributed by atoms with Gasteiger partial charge in [0.2, 0.25) is 5.91 Å². The van der Waals surface area contributed by atoms with E-state index >= 15 is 0 Å². The number of fused-ring (bicyclic) bond motifs is 2. The first kappa shape index (κ1) is 35.3. The Morgan fingerprint density at radius 1 is 0.941 bits per heavy atom. The van der Waals surface area contributed by atoms with Gasteiger partial charge in [-0.1, -0.05) is 94.4 Å². The summed E-state index contributed by atoms with van der Waals surface area (Å²) in [7, 11) is 0. The average Bonchev–Trinajstić information content (AvgIpc) is 3.52. The number of hydrogen-bond acceptors (Lipinski definition) is 8. The van der Waals surface area contributed by atoms with Crippen LogP contribution in [0.15, 0.2) is 78.9 Å². The number of hydrogen-bond donors (Lipinski definition) is 2. The molecule has 3 aromatic carbocycles. The minimum Gasteiger partial charge on any atom is -0.445 e. The highest BCUT2D eigenvalue weighted by Gasteiger charge is 2.51. The Morgan fingerprint density at radius 2 is 1.71 bits per heavy atom. The Kier molecular flexibility index (Phi) is 9.80. The predicted octanol–water partition coefficient (Wildman–Crippen LogP) is 6.43. The number of imide groups is 1. The zero-order valence-electron chi connectivity index (χ0n) is 29.9. The van der Waals surface area contributed by atoms with Crippen LogP contribution in [0, 0.1) is 16.7 Å². The van der Waals surface area contributed by atoms with Gasteiger partial charge in [0.1, 0.15) is 12.6 Å². The lowest BCUT2D eigenvalue weighted by molar-refractivity contribution is -0.276. The molecule has 3 heterocycles. The van der Waals surface area contributed by atoms with Crippen molar-refractivity contribution in [3.05, 3.63) is 101 Å². The maximum atomic E-state index is 13.5. The van der Waals surface area contributed by atoms with Crippen LogP contribution in [0.1, 0.15) is 88.0 Å². The predicted molar refractivity (Wildman–Crippen MR) is 191 cm³/mol. The van der Waals surface area contributed by atoms with E-state index in [-0.39, 0.29) is 43.2 Å². The Labute approximate surface area is 300 Å². The molecule has 1 aliphatic carbocycles. The van der Waals surface area contributed by atoms with E-state index in [0.717, 1.165) is 41.1 Å². The maximum absolute atomic E-state index is 13.5. The van der Waals surface area contributed by atoms with Crippen molar-refractivity contribution in [2.75, 3.05) is 18.0 Å². The average molecular weight is 696 g/mol. The molecule has 3 aromatic rings. The quantitative estimate of drug-likeness (QED) is 0.246. The number of benzene rings is 3. The van der Waals surface area contributed by atoms with Gasteiger partial charge in [0.25, 0.3) is 5.91 Å². The molecule has 1 saturated carbocycles. The summed E-state index contributed by atoms with van der Waals surface area (Å²) < 4.78 is 18.8. The molecule has 3 saturated heterocycles. The molecule has 270 valence electrons. The van der Waals surface area contributed by atoms with Crippen molar-refractivity contribution in [2.45, 2.75) is 97.2 Å². The molecule has 3 unspecified atom stereocenters. The number of aliphatic hydroxyl groups excluding tert-OH is 1. The van der Waals surface area contributed by atoms with Crippen molar-refractivity contribution in [1.29, 1.82) is 0 Å². The second kappa shape index (κ2) is 14.1. The number of nitrogens with zero attached hydrogens (tertiary/aromatic N) is 2. The first-order valence-corrected chi connectivity index (χ1v) is 18.1. The Bertz CT molecular complexity index is 1750. The molecule has 10 heteroatoms. The third-order valence-electron chi connectivity index (χ3n) is 11.1. The molecule has 2 N–H and O–H groups in total. The first-order chi connectivity index (χ1) is 24.4. The van der Waals surface area contributed by atoms with E-state index in [9.17, 15) is 19.5 Å². The molecule has 0 aromatic heterocycles. The second-order valence-corrected chi connectivity index (χ2v) is 16.1. The number of rotatable bonds is 9. The molecule has 7 rings (SSSR count). The summed E-state index contributed by atoms with van der Waals surface area (Å²) in [6.45, 7) is 11.2. The highest BCUT2D eigenvalue weighted by Crippen LogP contribution is 2.53. The third kappa shape index (κ3) is 7.60. The molecule has 7 atom stereocenters. The molecule has 51 heavy (non-hydrogen) atoms. The Balaban J connectivity index is 1.09. The fourth-order valence-electron chi connectivity index (χ4n) is 9.08. The lowest BCUT2D eigenvalue weighted by Gasteiger charge is -2.43. The standard InChI is InChI=1S/C41H49N3O7/c1-26-34(21-43-25-41(4)20-32(43)19-40(2,3)24-41)50-38(51-36(26)29-15-13-27(22-45)14-16-29)30-11-8-12-31(17-30)44-35(46)18-33(37(44)47)42-39(48)49-23-28-9-6-5-7-10-28/h5-17,26,32-34,36,38,45H,18-25H2,1-4H3,(H,42,48)/t26-,32?,33?,34+,36+,38+,41?/m1/s1. The van der Waals surface area contributed by atoms with E-state index in [2.05, 4.69) is 37.9 Å². The lowest BCUT2D eigenvalue weighted by Crippen LogP contribution is -2.46. The molecule has 3 aliphatic heterocycles. The molecule has 2 bridgehead atoms. The van der Waals surface area contributed by atoms with Gasteiger partial charge in [-0.25, -0.2) is 9.69 Å². The fraction of sp³-hybridized carbons (Fsp3) is 0.488. The first-order valence-electron chi connectivity index (χ1n) is 18.1. The number of ether oxygens (including phenoxy) is 3. The Morgan fingerprint density at radius 3 is 2.45 bits per heavy atom. The zero-order chi connectivity index (χ0) is 35.9. The number of carbonyl (C=O) groups is 3. The third-order valence-corrected chi connectivity index (χ3v) is 11.1. The summed E-state index contributed by atoms with van der Waals surface area (Å²) in [6, 6.07) is 23.7. The van der Waals surface area contributed by atoms with Crippen LogP contribution in [-0.2, 0) is 37.0 Å². The molecule has 4 fully saturated rings. The van der Waals surface area contributed by atoms with Gasteiger partial charge >= 0.3 is 6.09 Å². The van der Waals surface area contributed by atoms with Crippen LogP contribution < -0.4 is 10.2 Å². The highest BCUT2D eigenvalue weighted by atomic mass is 16.7. The molecule has 0 radical (unpaired) electrons. The van der Waals surface area contributed by atoms with Crippen LogP contribution in [0.25, 0.3) is 0 Å². The minimum absolute atomic E-state index is 0.0286. The molecular weight excluding hydrogens is 646 g/mol. The number of likely N-dealkylation sites (tertiary alicyclic amines) is 1. The minimum atomic E-state index is -1.03. The van der Waals surface area contributed by atoms with Gasteiger partial charge in [0.05, 0.1) is 30.9 Å². The van der Waals surface area contributed by atoms with Gasteiger partial charge in [-0.3, -0.25) is 14.5 Å². The number of carbonyl (C=O) groups excluding carboxylic acids is 3. The van der Waals surface area contributed by atoms with E-state index in [1.165, 1.54) is 12.8 Å². The van der Waals surface area contributed by atoms with Crippen LogP contribution in [0.5, 0.6) is 0 Å². The van der Waals surface area contributed by atoms with Crippen LogP contribution >= 0.6 is 0 Å². The van der Waals surface area contributed by atoms with Gasteiger partial charge in [0.15, 0.2) is 6.29 Å². The van der Waals surface area contributed by atoms with E-state index in [0.29, 0.717) is 22.7 Å². The normalized spacial score (nSPS) is 30.4. The molecule has 3 amide bonds. The van der Waals surface area contributed by atoms with Gasteiger partial charge in [-0.2, -0.15) is 0 Å². The van der Waals surface area contributed by atoms with Gasteiger partial charge < -0.3 is 24.6 Å². The van der Waals surface area contributed by atoms with Crippen molar-refractivity contribution < 1.29 is 33.7 Å². The fourth-order valence-corrected chi connectivity index (χ4v) is 9.08. The van der Waals surface area contributed by atoms with E-state index in [1.54, 1.807) is 18.2 Å². The summed E-state index contributed by atoms with van der Waals surface area (Å²) in [5.41, 5.74) is 4.31. The van der Waals surface area contributed by atoms with Crippen LogP contribution in [-0.4, -0.2) is 59.2 Å². The van der Waals surface area contributed by atoms with Gasteiger partial charge in [-0.05, 0) is 58.9 Å². The van der Waals surface area contributed by atoms with Gasteiger partial charge in [-0.15, -0.1) is 0 Å². The summed E-state index contributed by atoms with van der Waals surface area (Å²) in [5.74, 6) is -0.911. The summed E-state index contributed by atoms with van der Waals surface area (Å²) in [5, 5.41) is 12.2. The molecule has 4 aliphatic rings. The molecule has 0 spiro atoms. The summed E-state index contributed by atoms with van der Waals surface area (Å²) >= 11 is 0. The second-order valence-electron chi connectivity index (χ2n) is 16.1. The van der Waals surface area contributed by atoms with E-state index in [4.69, 9.17) is 14.2 Å². The van der Waals surface area contributed by atoms with Crippen molar-refractivity contribution in [1.82, 2.24) is 10.2 Å². The number of nitrogens with one attached hydrogen (secondary N) is 1. The number of aliphatic hydroxyl groups is 1. The van der Waals surface area contributed by atoms with Crippen molar-refractivity contribution in [2.24, 2.45) is 16.7 Å². The topological polar surface area (TPSA) is 118 Å².